The molecule has 0 radical (unpaired) electrons. The topological polar surface area (TPSA) is 73.6 Å². The molecule has 19 heavy (non-hydrogen) atoms. The van der Waals surface area contributed by atoms with Crippen LogP contribution in [0.15, 0.2) is 12.1 Å². The zero-order valence-corrected chi connectivity index (χ0v) is 12.1. The Balaban J connectivity index is 3.11. The van der Waals surface area contributed by atoms with Gasteiger partial charge in [0.2, 0.25) is 0 Å². The van der Waals surface area contributed by atoms with Gasteiger partial charge >= 0.3 is 0 Å². The zero-order valence-electron chi connectivity index (χ0n) is 11.3. The average Bonchev–Trinajstić information content (AvgIpc) is 2.37. The van der Waals surface area contributed by atoms with Crippen molar-refractivity contribution in [3.8, 4) is 11.5 Å². The number of hydrogen-bond donors (Lipinski definition) is 2. The van der Waals surface area contributed by atoms with Gasteiger partial charge in [-0.05, 0) is 19.5 Å². The minimum Gasteiger partial charge on any atom is -0.493 e. The van der Waals surface area contributed by atoms with Crippen LogP contribution in [0.5, 0.6) is 11.5 Å². The molecule has 1 rings (SSSR count). The summed E-state index contributed by atoms with van der Waals surface area (Å²) in [6.45, 7) is 4.95. The predicted molar refractivity (Wildman–Crippen MR) is 74.7 cm³/mol. The third kappa shape index (κ3) is 4.29. The Hall–Kier alpha value is -1.46. The van der Waals surface area contributed by atoms with Gasteiger partial charge in [0.05, 0.1) is 7.11 Å². The highest BCUT2D eigenvalue weighted by Crippen LogP contribution is 2.35. The Kier molecular flexibility index (Phi) is 5.92. The lowest BCUT2D eigenvalue weighted by Crippen LogP contribution is -2.31. The lowest BCUT2D eigenvalue weighted by atomic mass is 10.1. The van der Waals surface area contributed by atoms with Crippen LogP contribution in [-0.4, -0.2) is 25.7 Å². The summed E-state index contributed by atoms with van der Waals surface area (Å²) in [5, 5.41) is 3.72. The Bertz CT molecular complexity index is 452. The Labute approximate surface area is 118 Å². The van der Waals surface area contributed by atoms with E-state index < -0.39 is 12.0 Å². The summed E-state index contributed by atoms with van der Waals surface area (Å²) in [6, 6.07) is 3.41. The van der Waals surface area contributed by atoms with Crippen molar-refractivity contribution in [3.05, 3.63) is 22.7 Å². The summed E-state index contributed by atoms with van der Waals surface area (Å²) in [5.41, 5.74) is 6.03. The van der Waals surface area contributed by atoms with Crippen LogP contribution in [0, 0.1) is 0 Å². The number of rotatable bonds is 7. The van der Waals surface area contributed by atoms with Gasteiger partial charge in [-0.3, -0.25) is 4.79 Å². The Morgan fingerprint density at radius 2 is 2.21 bits per heavy atom. The lowest BCUT2D eigenvalue weighted by Gasteiger charge is -2.18. The number of ether oxygens (including phenoxy) is 2. The van der Waals surface area contributed by atoms with Crippen molar-refractivity contribution >= 4 is 17.5 Å². The summed E-state index contributed by atoms with van der Waals surface area (Å²) < 4.78 is 10.8. The van der Waals surface area contributed by atoms with Crippen molar-refractivity contribution in [1.82, 2.24) is 5.32 Å². The van der Waals surface area contributed by atoms with Gasteiger partial charge in [-0.1, -0.05) is 18.5 Å². The Morgan fingerprint density at radius 1 is 1.53 bits per heavy atom. The van der Waals surface area contributed by atoms with E-state index in [1.807, 2.05) is 6.92 Å². The van der Waals surface area contributed by atoms with E-state index in [0.29, 0.717) is 23.1 Å². The second-order valence-electron chi connectivity index (χ2n) is 4.04. The fourth-order valence-electron chi connectivity index (χ4n) is 1.53. The molecule has 1 amide bonds. The molecule has 0 aromatic heterocycles. The van der Waals surface area contributed by atoms with Crippen LogP contribution < -0.4 is 20.5 Å². The second-order valence-corrected chi connectivity index (χ2v) is 4.48. The normalized spacial score (nSPS) is 12.0. The largest absolute Gasteiger partial charge is 0.493 e. The number of carbonyl (C=O) groups is 1. The van der Waals surface area contributed by atoms with E-state index >= 15 is 0 Å². The number of carbonyl (C=O) groups excluding carboxylic acids is 1. The lowest BCUT2D eigenvalue weighted by molar-refractivity contribution is -0.124. The van der Waals surface area contributed by atoms with Crippen molar-refractivity contribution in [1.29, 1.82) is 0 Å². The molecule has 0 aliphatic heterocycles. The number of nitrogens with one attached hydrogen (secondary N) is 1. The van der Waals surface area contributed by atoms with Crippen molar-refractivity contribution in [2.75, 3.05) is 13.7 Å². The van der Waals surface area contributed by atoms with Gasteiger partial charge in [0, 0.05) is 23.2 Å². The maximum absolute atomic E-state index is 11.1. The molecule has 5 nitrogen and oxygen atoms in total. The molecule has 1 atom stereocenters. The number of hydrogen-bond acceptors (Lipinski definition) is 4. The molecule has 6 heteroatoms. The molecule has 106 valence electrons. The summed E-state index contributed by atoms with van der Waals surface area (Å²) in [5.74, 6) is 0.430. The van der Waals surface area contributed by atoms with Gasteiger partial charge in [-0.2, -0.15) is 0 Å². The van der Waals surface area contributed by atoms with Crippen LogP contribution in [-0.2, 0) is 11.3 Å². The summed E-state index contributed by atoms with van der Waals surface area (Å²) in [4.78, 5) is 11.1. The van der Waals surface area contributed by atoms with Gasteiger partial charge in [0.1, 0.15) is 0 Å². The smallest absolute Gasteiger partial charge is 0.258 e. The van der Waals surface area contributed by atoms with Crippen molar-refractivity contribution in [2.45, 2.75) is 26.5 Å². The number of methoxy groups -OCH3 is 1. The predicted octanol–water partition coefficient (Wildman–Crippen LogP) is 1.71. The van der Waals surface area contributed by atoms with Crippen LogP contribution >= 0.6 is 11.6 Å². The molecule has 1 unspecified atom stereocenters. The molecule has 0 spiro atoms. The van der Waals surface area contributed by atoms with E-state index in [4.69, 9.17) is 26.8 Å². The maximum Gasteiger partial charge on any atom is 0.258 e. The first-order valence-electron chi connectivity index (χ1n) is 6.02. The minimum atomic E-state index is -0.740. The number of benzene rings is 1. The minimum absolute atomic E-state index is 0.480. The first-order chi connectivity index (χ1) is 8.99. The SMILES string of the molecule is CCNCc1cc(Cl)cc(OC)c1OC(C)C(N)=O. The summed E-state index contributed by atoms with van der Waals surface area (Å²) in [6.07, 6.45) is -0.740. The van der Waals surface area contributed by atoms with Crippen molar-refractivity contribution < 1.29 is 14.3 Å². The molecule has 0 bridgehead atoms. The van der Waals surface area contributed by atoms with Crippen LogP contribution in [0.1, 0.15) is 19.4 Å². The molecular formula is C13H19ClN2O3. The Morgan fingerprint density at radius 3 is 2.74 bits per heavy atom. The van der Waals surface area contributed by atoms with Crippen LogP contribution in [0.3, 0.4) is 0 Å². The molecule has 0 heterocycles. The second kappa shape index (κ2) is 7.21. The number of amides is 1. The first-order valence-corrected chi connectivity index (χ1v) is 6.40. The number of nitrogens with two attached hydrogens (primary N) is 1. The highest BCUT2D eigenvalue weighted by molar-refractivity contribution is 6.30. The monoisotopic (exact) mass is 286 g/mol. The molecule has 0 aliphatic rings. The molecule has 1 aromatic rings. The van der Waals surface area contributed by atoms with Crippen LogP contribution in [0.2, 0.25) is 5.02 Å². The number of halogens is 1. The van der Waals surface area contributed by atoms with Crippen molar-refractivity contribution in [2.24, 2.45) is 5.73 Å². The zero-order chi connectivity index (χ0) is 14.4. The average molecular weight is 287 g/mol. The highest BCUT2D eigenvalue weighted by atomic mass is 35.5. The van der Waals surface area contributed by atoms with E-state index in [9.17, 15) is 4.79 Å². The van der Waals surface area contributed by atoms with E-state index in [-0.39, 0.29) is 0 Å². The summed E-state index contributed by atoms with van der Waals surface area (Å²) in [7, 11) is 1.52. The van der Waals surface area contributed by atoms with Crippen LogP contribution in [0.25, 0.3) is 0 Å². The van der Waals surface area contributed by atoms with Gasteiger partial charge in [0.25, 0.3) is 5.91 Å². The third-order valence-corrected chi connectivity index (χ3v) is 2.80. The van der Waals surface area contributed by atoms with Gasteiger partial charge < -0.3 is 20.5 Å². The molecular weight excluding hydrogens is 268 g/mol. The van der Waals surface area contributed by atoms with E-state index in [1.165, 1.54) is 7.11 Å². The van der Waals surface area contributed by atoms with E-state index in [2.05, 4.69) is 5.32 Å². The fourth-order valence-corrected chi connectivity index (χ4v) is 1.76. The maximum atomic E-state index is 11.1. The van der Waals surface area contributed by atoms with Gasteiger partial charge in [-0.25, -0.2) is 0 Å². The van der Waals surface area contributed by atoms with Crippen LogP contribution in [0.4, 0.5) is 0 Å². The molecule has 0 saturated heterocycles. The molecule has 3 N–H and O–H groups in total. The van der Waals surface area contributed by atoms with Gasteiger partial charge in [-0.15, -0.1) is 0 Å². The van der Waals surface area contributed by atoms with E-state index in [1.54, 1.807) is 19.1 Å². The number of primary amides is 1. The fraction of sp³-hybridized carbons (Fsp3) is 0.462. The highest BCUT2D eigenvalue weighted by Gasteiger charge is 2.18. The molecule has 0 fully saturated rings. The van der Waals surface area contributed by atoms with E-state index in [0.717, 1.165) is 12.1 Å². The van der Waals surface area contributed by atoms with Gasteiger partial charge in [0.15, 0.2) is 17.6 Å². The standard InChI is InChI=1S/C13H19ClN2O3/c1-4-16-7-9-5-10(14)6-11(18-3)12(9)19-8(2)13(15)17/h5-6,8,16H,4,7H2,1-3H3,(H2,15,17). The molecule has 0 saturated carbocycles. The molecule has 1 aromatic carbocycles. The third-order valence-electron chi connectivity index (χ3n) is 2.58. The molecule has 0 aliphatic carbocycles. The quantitative estimate of drug-likeness (QED) is 0.800. The first kappa shape index (κ1) is 15.6. The summed E-state index contributed by atoms with van der Waals surface area (Å²) >= 11 is 6.02. The van der Waals surface area contributed by atoms with Crippen molar-refractivity contribution in [3.63, 3.8) is 0 Å².